The Morgan fingerprint density at radius 2 is 0.938 bits per heavy atom. The smallest absolute Gasteiger partial charge is 0.109 e. The third-order valence-corrected chi connectivity index (χ3v) is 1.90. The lowest BCUT2D eigenvalue weighted by atomic mass is 10.2. The Kier molecular flexibility index (Phi) is 6.09. The quantitative estimate of drug-likeness (QED) is 0.380. The minimum atomic E-state index is 0.778. The van der Waals surface area contributed by atoms with Gasteiger partial charge in [-0.25, -0.2) is 0 Å². The van der Waals surface area contributed by atoms with Crippen LogP contribution in [0.3, 0.4) is 0 Å². The normalized spacial score (nSPS) is 8.31. The third-order valence-electron chi connectivity index (χ3n) is 1.90. The van der Waals surface area contributed by atoms with Gasteiger partial charge >= 0.3 is 0 Å². The largest absolute Gasteiger partial charge is 0.181 e. The number of benzene rings is 2. The van der Waals surface area contributed by atoms with Gasteiger partial charge in [-0.2, -0.15) is 11.1 Å². The molecule has 0 radical (unpaired) electrons. The van der Waals surface area contributed by atoms with E-state index < -0.39 is 0 Å². The van der Waals surface area contributed by atoms with Gasteiger partial charge in [-0.15, -0.1) is 0 Å². The lowest BCUT2D eigenvalue weighted by Gasteiger charge is -1.88. The maximum Gasteiger partial charge on any atom is 0.109 e. The van der Waals surface area contributed by atoms with Crippen LogP contribution >= 0.6 is 11.1 Å². The van der Waals surface area contributed by atoms with Crippen LogP contribution in [0.25, 0.3) is 0 Å². The molecule has 0 unspecified atom stereocenters. The van der Waals surface area contributed by atoms with Crippen LogP contribution < -0.4 is 0 Å². The molecule has 2 aromatic rings. The molecule has 0 N–H and O–H groups in total. The van der Waals surface area contributed by atoms with Crippen molar-refractivity contribution in [2.75, 3.05) is 0 Å². The van der Waals surface area contributed by atoms with E-state index >= 15 is 0 Å². The lowest BCUT2D eigenvalue weighted by Crippen LogP contribution is -1.73. The molecule has 80 valence electrons. The topological polar surface area (TPSA) is 0 Å². The number of hydrogen-bond acceptors (Lipinski definition) is 0. The van der Waals surface area contributed by atoms with Gasteiger partial charge in [-0.3, -0.25) is 0 Å². The first kappa shape index (κ1) is 12.6. The minimum absolute atomic E-state index is 0.778. The van der Waals surface area contributed by atoms with Crippen LogP contribution in [-0.2, 0) is 0 Å². The first-order valence-electron chi connectivity index (χ1n) is 4.95. The Morgan fingerprint density at radius 3 is 1.25 bits per heavy atom. The van der Waals surface area contributed by atoms with Crippen molar-refractivity contribution >= 4 is 20.6 Å². The molecule has 0 bridgehead atoms. The predicted octanol–water partition coefficient (Wildman–Crippen LogP) is 2.59. The summed E-state index contributed by atoms with van der Waals surface area (Å²) in [7, 11) is 0.778. The summed E-state index contributed by atoms with van der Waals surface area (Å²) < 4.78 is 0. The summed E-state index contributed by atoms with van der Waals surface area (Å²) in [5, 5.41) is 0. The average molecular weight is 245 g/mol. The van der Waals surface area contributed by atoms with Gasteiger partial charge < -0.3 is 0 Å². The molecule has 0 aliphatic heterocycles. The summed E-state index contributed by atoms with van der Waals surface area (Å²) in [6.45, 7) is 0. The second kappa shape index (κ2) is 7.75. The van der Waals surface area contributed by atoms with Crippen LogP contribution in [0, 0.1) is 11.8 Å². The van der Waals surface area contributed by atoms with Gasteiger partial charge in [0.05, 0.1) is 0 Å². The molecule has 0 nitrogen and oxygen atoms in total. The highest BCUT2D eigenvalue weighted by Gasteiger charge is 1.83. The summed E-state index contributed by atoms with van der Waals surface area (Å²) in [4.78, 5) is 0. The SMILES string of the molecule is C(#Cc1ccccc1)c1ccccc1.[SiH3]Cl. The van der Waals surface area contributed by atoms with Crippen LogP contribution in [0.2, 0.25) is 0 Å². The van der Waals surface area contributed by atoms with Gasteiger partial charge in [0.15, 0.2) is 0 Å². The predicted molar refractivity (Wildman–Crippen MR) is 74.7 cm³/mol. The summed E-state index contributed by atoms with van der Waals surface area (Å²) in [5.41, 5.74) is 2.10. The molecule has 16 heavy (non-hydrogen) atoms. The van der Waals surface area contributed by atoms with Crippen LogP contribution in [0.1, 0.15) is 11.1 Å². The zero-order valence-corrected chi connectivity index (χ0v) is 11.9. The first-order chi connectivity index (χ1) is 7.95. The molecule has 0 aliphatic rings. The zero-order valence-electron chi connectivity index (χ0n) is 9.15. The van der Waals surface area contributed by atoms with E-state index in [1.807, 2.05) is 60.7 Å². The highest BCUT2D eigenvalue weighted by atomic mass is 35.6. The van der Waals surface area contributed by atoms with Crippen molar-refractivity contribution in [2.45, 2.75) is 0 Å². The van der Waals surface area contributed by atoms with Crippen LogP contribution in [-0.4, -0.2) is 9.55 Å². The van der Waals surface area contributed by atoms with E-state index in [1.54, 1.807) is 0 Å². The molecule has 0 fully saturated rings. The van der Waals surface area contributed by atoms with Crippen molar-refractivity contribution in [3.63, 3.8) is 0 Å². The van der Waals surface area contributed by atoms with Crippen molar-refractivity contribution in [3.05, 3.63) is 71.8 Å². The van der Waals surface area contributed by atoms with Gasteiger partial charge in [0.1, 0.15) is 9.55 Å². The molecule has 2 aromatic carbocycles. The van der Waals surface area contributed by atoms with E-state index in [1.165, 1.54) is 0 Å². The van der Waals surface area contributed by atoms with E-state index in [0.717, 1.165) is 20.7 Å². The van der Waals surface area contributed by atoms with Gasteiger partial charge in [0, 0.05) is 11.1 Å². The van der Waals surface area contributed by atoms with E-state index in [2.05, 4.69) is 11.8 Å². The number of hydrogen-bond donors (Lipinski definition) is 0. The van der Waals surface area contributed by atoms with Crippen molar-refractivity contribution in [2.24, 2.45) is 0 Å². The minimum Gasteiger partial charge on any atom is -0.181 e. The molecule has 0 aromatic heterocycles. The van der Waals surface area contributed by atoms with Crippen molar-refractivity contribution < 1.29 is 0 Å². The van der Waals surface area contributed by atoms with Gasteiger partial charge in [-0.05, 0) is 24.3 Å². The number of rotatable bonds is 0. The molecular formula is C14H13ClSi. The summed E-state index contributed by atoms with van der Waals surface area (Å²) in [5.74, 6) is 6.22. The molecule has 0 amide bonds. The first-order valence-corrected chi connectivity index (χ1v) is 7.97. The maximum atomic E-state index is 4.78. The lowest BCUT2D eigenvalue weighted by molar-refractivity contribution is 1.62. The molecule has 0 heterocycles. The fourth-order valence-corrected chi connectivity index (χ4v) is 1.19. The van der Waals surface area contributed by atoms with E-state index in [4.69, 9.17) is 11.1 Å². The average Bonchev–Trinajstić information content (AvgIpc) is 2.41. The maximum absolute atomic E-state index is 4.78. The fourth-order valence-electron chi connectivity index (χ4n) is 1.19. The highest BCUT2D eigenvalue weighted by molar-refractivity contribution is 6.80. The molecule has 0 aliphatic carbocycles. The zero-order chi connectivity index (χ0) is 11.6. The van der Waals surface area contributed by atoms with Gasteiger partial charge in [0.25, 0.3) is 0 Å². The summed E-state index contributed by atoms with van der Waals surface area (Å²) in [6.07, 6.45) is 0. The molecular weight excluding hydrogens is 232 g/mol. The second-order valence-corrected chi connectivity index (χ2v) is 2.98. The summed E-state index contributed by atoms with van der Waals surface area (Å²) in [6, 6.07) is 20.0. The Balaban J connectivity index is 0.000000606. The van der Waals surface area contributed by atoms with E-state index in [0.29, 0.717) is 0 Å². The van der Waals surface area contributed by atoms with Gasteiger partial charge in [0.2, 0.25) is 0 Å². The Morgan fingerprint density at radius 1 is 0.625 bits per heavy atom. The summed E-state index contributed by atoms with van der Waals surface area (Å²) >= 11 is 4.78. The van der Waals surface area contributed by atoms with Gasteiger partial charge in [-0.1, -0.05) is 48.2 Å². The monoisotopic (exact) mass is 244 g/mol. The molecule has 0 spiro atoms. The third kappa shape index (κ3) is 4.35. The van der Waals surface area contributed by atoms with E-state index in [9.17, 15) is 0 Å². The Hall–Kier alpha value is -1.49. The second-order valence-electron chi connectivity index (χ2n) is 2.98. The van der Waals surface area contributed by atoms with Crippen molar-refractivity contribution in [1.82, 2.24) is 0 Å². The molecule has 0 atom stereocenters. The standard InChI is InChI=1S/C14H10.ClH3Si/c1-3-7-13(8-4-1)11-12-14-9-5-2-6-10-14;1-2/h1-10H;2H3. The van der Waals surface area contributed by atoms with E-state index in [-0.39, 0.29) is 0 Å². The fraction of sp³-hybridized carbons (Fsp3) is 0. The molecule has 0 saturated heterocycles. The molecule has 0 saturated carbocycles. The Labute approximate surface area is 104 Å². The Bertz CT molecular complexity index is 411. The number of halogens is 1. The van der Waals surface area contributed by atoms with Crippen molar-refractivity contribution in [3.8, 4) is 11.8 Å². The van der Waals surface area contributed by atoms with Crippen LogP contribution in [0.4, 0.5) is 0 Å². The van der Waals surface area contributed by atoms with Crippen LogP contribution in [0.15, 0.2) is 60.7 Å². The molecule has 2 rings (SSSR count). The highest BCUT2D eigenvalue weighted by Crippen LogP contribution is 1.98. The van der Waals surface area contributed by atoms with Crippen molar-refractivity contribution in [1.29, 1.82) is 0 Å². The van der Waals surface area contributed by atoms with Crippen LogP contribution in [0.5, 0.6) is 0 Å². The molecule has 2 heteroatoms.